The third-order valence-electron chi connectivity index (χ3n) is 2.45. The fourth-order valence-corrected chi connectivity index (χ4v) is 1.59. The first kappa shape index (κ1) is 14.0. The van der Waals surface area contributed by atoms with E-state index >= 15 is 0 Å². The lowest BCUT2D eigenvalue weighted by Gasteiger charge is -1.99. The van der Waals surface area contributed by atoms with Crippen molar-refractivity contribution in [1.82, 2.24) is 0 Å². The predicted octanol–water partition coefficient (Wildman–Crippen LogP) is 3.98. The molecule has 3 heteroatoms. The Morgan fingerprint density at radius 3 is 2.17 bits per heavy atom. The number of carboxylic acids is 1. The van der Waals surface area contributed by atoms with Gasteiger partial charge < -0.3 is 5.11 Å². The van der Waals surface area contributed by atoms with Gasteiger partial charge in [-0.2, -0.15) is 0 Å². The van der Waals surface area contributed by atoms with Gasteiger partial charge in [0.15, 0.2) is 0 Å². The zero-order valence-electron chi connectivity index (χ0n) is 9.61. The molecule has 2 rings (SSSR count). The van der Waals surface area contributed by atoms with Gasteiger partial charge in [0, 0.05) is 0 Å². The van der Waals surface area contributed by atoms with Crippen molar-refractivity contribution in [3.8, 4) is 0 Å². The lowest BCUT2D eigenvalue weighted by Crippen LogP contribution is -1.98. The SMILES string of the molecule is Cl.O=C(O)c1ccccc1C=Cc1ccccc1. The van der Waals surface area contributed by atoms with E-state index in [-0.39, 0.29) is 12.4 Å². The van der Waals surface area contributed by atoms with Gasteiger partial charge in [-0.3, -0.25) is 0 Å². The monoisotopic (exact) mass is 260 g/mol. The van der Waals surface area contributed by atoms with Crippen LogP contribution < -0.4 is 0 Å². The maximum absolute atomic E-state index is 11.0. The summed E-state index contributed by atoms with van der Waals surface area (Å²) in [5.74, 6) is -0.904. The molecular formula is C15H13ClO2. The van der Waals surface area contributed by atoms with Crippen LogP contribution in [0.1, 0.15) is 21.5 Å². The van der Waals surface area contributed by atoms with Crippen LogP contribution in [0.4, 0.5) is 0 Å². The highest BCUT2D eigenvalue weighted by Gasteiger charge is 2.05. The standard InChI is InChI=1S/C15H12O2.ClH/c16-15(17)14-9-5-4-8-13(14)11-10-12-6-2-1-3-7-12;/h1-11H,(H,16,17);1H. The molecular weight excluding hydrogens is 248 g/mol. The molecule has 0 unspecified atom stereocenters. The molecule has 0 aliphatic carbocycles. The highest BCUT2D eigenvalue weighted by Crippen LogP contribution is 2.13. The topological polar surface area (TPSA) is 37.3 Å². The summed E-state index contributed by atoms with van der Waals surface area (Å²) in [6.45, 7) is 0. The maximum Gasteiger partial charge on any atom is 0.336 e. The summed E-state index contributed by atoms with van der Waals surface area (Å²) < 4.78 is 0. The minimum Gasteiger partial charge on any atom is -0.478 e. The first-order valence-corrected chi connectivity index (χ1v) is 5.33. The van der Waals surface area contributed by atoms with Crippen molar-refractivity contribution in [3.63, 3.8) is 0 Å². The van der Waals surface area contributed by atoms with Crippen LogP contribution in [0, 0.1) is 0 Å². The fraction of sp³-hybridized carbons (Fsp3) is 0. The van der Waals surface area contributed by atoms with Gasteiger partial charge in [0.05, 0.1) is 5.56 Å². The molecule has 0 heterocycles. The first-order chi connectivity index (χ1) is 8.27. The van der Waals surface area contributed by atoms with Crippen molar-refractivity contribution in [2.75, 3.05) is 0 Å². The smallest absolute Gasteiger partial charge is 0.336 e. The van der Waals surface area contributed by atoms with Gasteiger partial charge in [-0.25, -0.2) is 4.79 Å². The lowest BCUT2D eigenvalue weighted by molar-refractivity contribution is 0.0696. The Morgan fingerprint density at radius 1 is 0.889 bits per heavy atom. The van der Waals surface area contributed by atoms with Gasteiger partial charge in [-0.1, -0.05) is 60.7 Å². The van der Waals surface area contributed by atoms with E-state index in [0.29, 0.717) is 11.1 Å². The highest BCUT2D eigenvalue weighted by molar-refractivity contribution is 5.93. The molecule has 0 bridgehead atoms. The second-order valence-electron chi connectivity index (χ2n) is 3.64. The fourth-order valence-electron chi connectivity index (χ4n) is 1.59. The number of hydrogen-bond donors (Lipinski definition) is 1. The molecule has 0 aromatic heterocycles. The molecule has 0 atom stereocenters. The summed E-state index contributed by atoms with van der Waals surface area (Å²) in [6.07, 6.45) is 3.72. The molecule has 0 radical (unpaired) electrons. The summed E-state index contributed by atoms with van der Waals surface area (Å²) in [5.41, 5.74) is 2.08. The Bertz CT molecular complexity index is 547. The normalized spacial score (nSPS) is 10.0. The number of carbonyl (C=O) groups is 1. The molecule has 2 nitrogen and oxygen atoms in total. The van der Waals surface area contributed by atoms with Crippen LogP contribution in [0.2, 0.25) is 0 Å². The van der Waals surface area contributed by atoms with Gasteiger partial charge in [-0.05, 0) is 17.2 Å². The quantitative estimate of drug-likeness (QED) is 0.848. The molecule has 0 amide bonds. The van der Waals surface area contributed by atoms with E-state index in [1.807, 2.05) is 48.6 Å². The second kappa shape index (κ2) is 6.62. The summed E-state index contributed by atoms with van der Waals surface area (Å²) in [6, 6.07) is 16.7. The number of aromatic carboxylic acids is 1. The first-order valence-electron chi connectivity index (χ1n) is 5.33. The molecule has 92 valence electrons. The largest absolute Gasteiger partial charge is 0.478 e. The van der Waals surface area contributed by atoms with Crippen LogP contribution in [0.15, 0.2) is 54.6 Å². The molecule has 0 aliphatic heterocycles. The van der Waals surface area contributed by atoms with Crippen molar-refractivity contribution < 1.29 is 9.90 Å². The third-order valence-corrected chi connectivity index (χ3v) is 2.45. The minimum absolute atomic E-state index is 0. The van der Waals surface area contributed by atoms with Gasteiger partial charge >= 0.3 is 5.97 Å². The Balaban J connectivity index is 0.00000162. The van der Waals surface area contributed by atoms with Crippen LogP contribution in [0.5, 0.6) is 0 Å². The van der Waals surface area contributed by atoms with Crippen LogP contribution in [0.25, 0.3) is 12.2 Å². The van der Waals surface area contributed by atoms with Crippen molar-refractivity contribution >= 4 is 30.5 Å². The van der Waals surface area contributed by atoms with Crippen molar-refractivity contribution in [2.24, 2.45) is 0 Å². The van der Waals surface area contributed by atoms with Crippen LogP contribution >= 0.6 is 12.4 Å². The zero-order chi connectivity index (χ0) is 12.1. The van der Waals surface area contributed by atoms with E-state index < -0.39 is 5.97 Å². The molecule has 18 heavy (non-hydrogen) atoms. The van der Waals surface area contributed by atoms with Crippen LogP contribution in [0.3, 0.4) is 0 Å². The van der Waals surface area contributed by atoms with Crippen molar-refractivity contribution in [2.45, 2.75) is 0 Å². The molecule has 1 N–H and O–H groups in total. The summed E-state index contributed by atoms with van der Waals surface area (Å²) in [4.78, 5) is 11.0. The van der Waals surface area contributed by atoms with Gasteiger partial charge in [0.2, 0.25) is 0 Å². The second-order valence-corrected chi connectivity index (χ2v) is 3.64. The minimum atomic E-state index is -0.904. The Labute approximate surface area is 112 Å². The number of hydrogen-bond acceptors (Lipinski definition) is 1. The molecule has 0 saturated heterocycles. The average Bonchev–Trinajstić information content (AvgIpc) is 2.38. The highest BCUT2D eigenvalue weighted by atomic mass is 35.5. The zero-order valence-corrected chi connectivity index (χ0v) is 10.4. The molecule has 0 aliphatic rings. The number of carboxylic acid groups (broad SMARTS) is 1. The molecule has 0 spiro atoms. The van der Waals surface area contributed by atoms with E-state index in [0.717, 1.165) is 5.56 Å². The van der Waals surface area contributed by atoms with Crippen LogP contribution in [-0.2, 0) is 0 Å². The molecule has 2 aromatic rings. The number of halogens is 1. The summed E-state index contributed by atoms with van der Waals surface area (Å²) in [7, 11) is 0. The Kier molecular flexibility index (Phi) is 5.15. The van der Waals surface area contributed by atoms with Gasteiger partial charge in [0.1, 0.15) is 0 Å². The van der Waals surface area contributed by atoms with Crippen LogP contribution in [-0.4, -0.2) is 11.1 Å². The predicted molar refractivity (Wildman–Crippen MR) is 76.0 cm³/mol. The van der Waals surface area contributed by atoms with Crippen molar-refractivity contribution in [1.29, 1.82) is 0 Å². The van der Waals surface area contributed by atoms with Crippen molar-refractivity contribution in [3.05, 3.63) is 71.3 Å². The van der Waals surface area contributed by atoms with E-state index in [2.05, 4.69) is 0 Å². The summed E-state index contributed by atoms with van der Waals surface area (Å²) >= 11 is 0. The summed E-state index contributed by atoms with van der Waals surface area (Å²) in [5, 5.41) is 9.03. The average molecular weight is 261 g/mol. The Hall–Kier alpha value is -2.06. The maximum atomic E-state index is 11.0. The van der Waals surface area contributed by atoms with E-state index in [1.54, 1.807) is 18.2 Å². The van der Waals surface area contributed by atoms with E-state index in [1.165, 1.54) is 0 Å². The third kappa shape index (κ3) is 3.47. The number of benzene rings is 2. The Morgan fingerprint density at radius 2 is 1.50 bits per heavy atom. The molecule has 2 aromatic carbocycles. The lowest BCUT2D eigenvalue weighted by atomic mass is 10.1. The molecule has 0 saturated carbocycles. The molecule has 0 fully saturated rings. The van der Waals surface area contributed by atoms with E-state index in [4.69, 9.17) is 5.11 Å². The number of rotatable bonds is 3. The van der Waals surface area contributed by atoms with E-state index in [9.17, 15) is 4.79 Å². The van der Waals surface area contributed by atoms with Gasteiger partial charge in [-0.15, -0.1) is 12.4 Å². The van der Waals surface area contributed by atoms with Gasteiger partial charge in [0.25, 0.3) is 0 Å².